The number of hydrogen-bond acceptors (Lipinski definition) is 4. The van der Waals surface area contributed by atoms with E-state index in [2.05, 4.69) is 41.0 Å². The van der Waals surface area contributed by atoms with E-state index in [0.29, 0.717) is 6.04 Å². The van der Waals surface area contributed by atoms with Gasteiger partial charge in [-0.2, -0.15) is 0 Å². The molecule has 4 nitrogen and oxygen atoms in total. The normalized spacial score (nSPS) is 16.1. The average molecular weight is 285 g/mol. The predicted molar refractivity (Wildman–Crippen MR) is 86.6 cm³/mol. The van der Waals surface area contributed by atoms with E-state index in [-0.39, 0.29) is 6.10 Å². The van der Waals surface area contributed by atoms with E-state index in [0.717, 1.165) is 30.0 Å². The Morgan fingerprint density at radius 2 is 2.14 bits per heavy atom. The van der Waals surface area contributed by atoms with Gasteiger partial charge < -0.3 is 15.4 Å². The maximum absolute atomic E-state index is 5.30. The first kappa shape index (κ1) is 14.3. The molecule has 1 aromatic carbocycles. The lowest BCUT2D eigenvalue weighted by molar-refractivity contribution is 0.128. The topological polar surface area (TPSA) is 46.2 Å². The van der Waals surface area contributed by atoms with E-state index in [4.69, 9.17) is 9.72 Å². The molecule has 0 radical (unpaired) electrons. The minimum Gasteiger partial charge on any atom is -0.380 e. The summed E-state index contributed by atoms with van der Waals surface area (Å²) in [6.45, 7) is 3.64. The highest BCUT2D eigenvalue weighted by molar-refractivity contribution is 5.92. The Kier molecular flexibility index (Phi) is 4.36. The van der Waals surface area contributed by atoms with Crippen molar-refractivity contribution in [3.05, 3.63) is 36.0 Å². The molecule has 1 saturated carbocycles. The van der Waals surface area contributed by atoms with E-state index < -0.39 is 0 Å². The SMILES string of the molecule is COC(C)CNc1nc(CNC2CC2)cc2ccccc12. The van der Waals surface area contributed by atoms with Crippen LogP contribution in [0.15, 0.2) is 30.3 Å². The van der Waals surface area contributed by atoms with Crippen LogP contribution >= 0.6 is 0 Å². The Labute approximate surface area is 125 Å². The van der Waals surface area contributed by atoms with Gasteiger partial charge in [-0.25, -0.2) is 4.98 Å². The van der Waals surface area contributed by atoms with Crippen molar-refractivity contribution in [3.63, 3.8) is 0 Å². The molecule has 0 spiro atoms. The number of rotatable bonds is 7. The van der Waals surface area contributed by atoms with Gasteiger partial charge in [0.2, 0.25) is 0 Å². The van der Waals surface area contributed by atoms with Gasteiger partial charge in [-0.05, 0) is 31.2 Å². The predicted octanol–water partition coefficient (Wildman–Crippen LogP) is 2.93. The average Bonchev–Trinajstić information content (AvgIpc) is 3.34. The number of aromatic nitrogens is 1. The number of nitrogens with zero attached hydrogens (tertiary/aromatic N) is 1. The van der Waals surface area contributed by atoms with Crippen molar-refractivity contribution in [1.82, 2.24) is 10.3 Å². The molecule has 1 fully saturated rings. The number of methoxy groups -OCH3 is 1. The highest BCUT2D eigenvalue weighted by Gasteiger charge is 2.20. The van der Waals surface area contributed by atoms with Gasteiger partial charge in [-0.1, -0.05) is 24.3 Å². The Morgan fingerprint density at radius 1 is 1.33 bits per heavy atom. The van der Waals surface area contributed by atoms with Gasteiger partial charge in [0, 0.05) is 31.6 Å². The Balaban J connectivity index is 1.83. The number of hydrogen-bond donors (Lipinski definition) is 2. The third-order valence-corrected chi connectivity index (χ3v) is 3.90. The second-order valence-electron chi connectivity index (χ2n) is 5.77. The zero-order valence-electron chi connectivity index (χ0n) is 12.7. The summed E-state index contributed by atoms with van der Waals surface area (Å²) in [5.41, 5.74) is 1.09. The van der Waals surface area contributed by atoms with Crippen LogP contribution in [-0.2, 0) is 11.3 Å². The molecule has 1 unspecified atom stereocenters. The van der Waals surface area contributed by atoms with Crippen molar-refractivity contribution in [2.75, 3.05) is 19.0 Å². The molecule has 21 heavy (non-hydrogen) atoms. The number of anilines is 1. The number of benzene rings is 1. The maximum Gasteiger partial charge on any atom is 0.134 e. The van der Waals surface area contributed by atoms with Crippen LogP contribution in [0.1, 0.15) is 25.5 Å². The van der Waals surface area contributed by atoms with Crippen LogP contribution in [-0.4, -0.2) is 30.8 Å². The molecule has 0 aliphatic heterocycles. The van der Waals surface area contributed by atoms with Crippen molar-refractivity contribution in [1.29, 1.82) is 0 Å². The van der Waals surface area contributed by atoms with Gasteiger partial charge in [0.05, 0.1) is 11.8 Å². The van der Waals surface area contributed by atoms with Crippen LogP contribution in [0.5, 0.6) is 0 Å². The quantitative estimate of drug-likeness (QED) is 0.821. The largest absolute Gasteiger partial charge is 0.380 e. The van der Waals surface area contributed by atoms with Crippen molar-refractivity contribution >= 4 is 16.6 Å². The van der Waals surface area contributed by atoms with Crippen LogP contribution in [0.25, 0.3) is 10.8 Å². The Hall–Kier alpha value is -1.65. The Bertz CT molecular complexity index is 610. The fourth-order valence-electron chi connectivity index (χ4n) is 2.34. The lowest BCUT2D eigenvalue weighted by atomic mass is 10.1. The molecule has 1 heterocycles. The summed E-state index contributed by atoms with van der Waals surface area (Å²) in [4.78, 5) is 4.78. The molecule has 3 rings (SSSR count). The monoisotopic (exact) mass is 285 g/mol. The molecule has 1 aliphatic rings. The lowest BCUT2D eigenvalue weighted by Crippen LogP contribution is -2.20. The summed E-state index contributed by atoms with van der Waals surface area (Å²) >= 11 is 0. The van der Waals surface area contributed by atoms with Crippen LogP contribution in [0.2, 0.25) is 0 Å². The lowest BCUT2D eigenvalue weighted by Gasteiger charge is -2.14. The van der Waals surface area contributed by atoms with Gasteiger partial charge in [0.1, 0.15) is 5.82 Å². The van der Waals surface area contributed by atoms with Crippen LogP contribution in [0, 0.1) is 0 Å². The summed E-state index contributed by atoms with van der Waals surface area (Å²) in [7, 11) is 1.73. The fraction of sp³-hybridized carbons (Fsp3) is 0.471. The van der Waals surface area contributed by atoms with E-state index >= 15 is 0 Å². The van der Waals surface area contributed by atoms with Gasteiger partial charge >= 0.3 is 0 Å². The molecule has 4 heteroatoms. The zero-order chi connectivity index (χ0) is 14.7. The minimum atomic E-state index is 0.166. The van der Waals surface area contributed by atoms with Crippen molar-refractivity contribution in [3.8, 4) is 0 Å². The molecule has 0 amide bonds. The van der Waals surface area contributed by atoms with Crippen LogP contribution in [0.3, 0.4) is 0 Å². The highest BCUT2D eigenvalue weighted by Crippen LogP contribution is 2.24. The third kappa shape index (κ3) is 3.71. The molecule has 1 aromatic heterocycles. The van der Waals surface area contributed by atoms with Gasteiger partial charge in [-0.15, -0.1) is 0 Å². The van der Waals surface area contributed by atoms with E-state index in [1.54, 1.807) is 7.11 Å². The molecule has 0 bridgehead atoms. The van der Waals surface area contributed by atoms with Gasteiger partial charge in [-0.3, -0.25) is 0 Å². The molecule has 0 saturated heterocycles. The van der Waals surface area contributed by atoms with E-state index in [9.17, 15) is 0 Å². The van der Waals surface area contributed by atoms with E-state index in [1.165, 1.54) is 18.2 Å². The first-order valence-electron chi connectivity index (χ1n) is 7.65. The molecular weight excluding hydrogens is 262 g/mol. The third-order valence-electron chi connectivity index (χ3n) is 3.90. The second-order valence-corrected chi connectivity index (χ2v) is 5.77. The highest BCUT2D eigenvalue weighted by atomic mass is 16.5. The molecule has 2 aromatic rings. The molecule has 2 N–H and O–H groups in total. The summed E-state index contributed by atoms with van der Waals surface area (Å²) < 4.78 is 5.30. The van der Waals surface area contributed by atoms with Crippen LogP contribution in [0.4, 0.5) is 5.82 Å². The van der Waals surface area contributed by atoms with Gasteiger partial charge in [0.25, 0.3) is 0 Å². The second kappa shape index (κ2) is 6.41. The van der Waals surface area contributed by atoms with E-state index in [1.807, 2.05) is 6.92 Å². The van der Waals surface area contributed by atoms with Crippen molar-refractivity contribution < 1.29 is 4.74 Å². The summed E-state index contributed by atoms with van der Waals surface area (Å²) in [5.74, 6) is 0.949. The van der Waals surface area contributed by atoms with Crippen molar-refractivity contribution in [2.24, 2.45) is 0 Å². The number of fused-ring (bicyclic) bond motifs is 1. The Morgan fingerprint density at radius 3 is 2.90 bits per heavy atom. The first-order chi connectivity index (χ1) is 10.3. The molecular formula is C17H23N3O. The first-order valence-corrected chi connectivity index (χ1v) is 7.65. The standard InChI is InChI=1S/C17H23N3O/c1-12(21-2)10-19-17-16-6-4-3-5-13(16)9-15(20-17)11-18-14-7-8-14/h3-6,9,12,14,18H,7-8,10-11H2,1-2H3,(H,19,20). The maximum atomic E-state index is 5.30. The fourth-order valence-corrected chi connectivity index (χ4v) is 2.34. The number of ether oxygens (including phenoxy) is 1. The number of nitrogens with one attached hydrogen (secondary N) is 2. The number of pyridine rings is 1. The van der Waals surface area contributed by atoms with Gasteiger partial charge in [0.15, 0.2) is 0 Å². The minimum absolute atomic E-state index is 0.166. The zero-order valence-corrected chi connectivity index (χ0v) is 12.7. The van der Waals surface area contributed by atoms with Crippen molar-refractivity contribution in [2.45, 2.75) is 38.5 Å². The summed E-state index contributed by atoms with van der Waals surface area (Å²) in [6.07, 6.45) is 2.76. The summed E-state index contributed by atoms with van der Waals surface area (Å²) in [5, 5.41) is 9.34. The summed E-state index contributed by atoms with van der Waals surface area (Å²) in [6, 6.07) is 11.3. The van der Waals surface area contributed by atoms with Crippen LogP contribution < -0.4 is 10.6 Å². The smallest absolute Gasteiger partial charge is 0.134 e. The molecule has 1 atom stereocenters. The molecule has 112 valence electrons. The molecule has 1 aliphatic carbocycles.